The lowest BCUT2D eigenvalue weighted by atomic mass is 10.1. The number of hydrogen-bond donors (Lipinski definition) is 1. The topological polar surface area (TPSA) is 12.0 Å². The average molecular weight is 358 g/mol. The molecule has 0 aromatic heterocycles. The number of benzene rings is 3. The highest BCUT2D eigenvalue weighted by molar-refractivity contribution is 9.10. The molecule has 1 N–H and O–H groups in total. The Labute approximate surface area is 137 Å². The molecule has 0 unspecified atom stereocenters. The first-order valence-corrected chi connectivity index (χ1v) is 8.47. The molecule has 0 aliphatic rings. The summed E-state index contributed by atoms with van der Waals surface area (Å²) in [6, 6.07) is 21.6. The molecule has 3 aromatic rings. The summed E-state index contributed by atoms with van der Waals surface area (Å²) in [4.78, 5) is 2.55. The minimum Gasteiger partial charge on any atom is -0.316 e. The van der Waals surface area contributed by atoms with Crippen molar-refractivity contribution < 1.29 is 0 Å². The van der Waals surface area contributed by atoms with Gasteiger partial charge in [0.2, 0.25) is 0 Å². The third-order valence-corrected chi connectivity index (χ3v) is 4.93. The van der Waals surface area contributed by atoms with Gasteiger partial charge in [0.25, 0.3) is 0 Å². The molecule has 0 spiro atoms. The van der Waals surface area contributed by atoms with E-state index >= 15 is 0 Å². The molecule has 106 valence electrons. The van der Waals surface area contributed by atoms with Crippen LogP contribution in [0.3, 0.4) is 0 Å². The van der Waals surface area contributed by atoms with Crippen LogP contribution < -0.4 is 5.32 Å². The van der Waals surface area contributed by atoms with E-state index in [0.29, 0.717) is 0 Å². The lowest BCUT2D eigenvalue weighted by Crippen LogP contribution is -2.05. The predicted molar refractivity (Wildman–Crippen MR) is 95.0 cm³/mol. The van der Waals surface area contributed by atoms with E-state index in [4.69, 9.17) is 0 Å². The van der Waals surface area contributed by atoms with Crippen LogP contribution in [0.25, 0.3) is 10.8 Å². The van der Waals surface area contributed by atoms with Crippen molar-refractivity contribution in [2.45, 2.75) is 16.3 Å². The van der Waals surface area contributed by atoms with E-state index in [0.717, 1.165) is 11.0 Å². The second kappa shape index (κ2) is 6.65. The van der Waals surface area contributed by atoms with Gasteiger partial charge in [0.15, 0.2) is 0 Å². The quantitative estimate of drug-likeness (QED) is 0.663. The maximum absolute atomic E-state index is 3.57. The van der Waals surface area contributed by atoms with Gasteiger partial charge >= 0.3 is 0 Å². The molecule has 1 nitrogen and oxygen atoms in total. The largest absolute Gasteiger partial charge is 0.316 e. The standard InChI is InChI=1S/C18H16BrNS/c1-20-12-15-6-8-16(19)11-18(15)21-17-9-7-13-4-2-3-5-14(13)10-17/h2-11,20H,12H2,1H3. The van der Waals surface area contributed by atoms with Gasteiger partial charge in [-0.1, -0.05) is 64.1 Å². The zero-order valence-electron chi connectivity index (χ0n) is 11.8. The van der Waals surface area contributed by atoms with Crippen LogP contribution in [-0.4, -0.2) is 7.05 Å². The molecule has 0 atom stereocenters. The molecule has 0 aliphatic carbocycles. The fourth-order valence-electron chi connectivity index (χ4n) is 2.32. The highest BCUT2D eigenvalue weighted by atomic mass is 79.9. The van der Waals surface area contributed by atoms with Gasteiger partial charge in [-0.05, 0) is 47.6 Å². The maximum Gasteiger partial charge on any atom is 0.0213 e. The van der Waals surface area contributed by atoms with Crippen LogP contribution in [0, 0.1) is 0 Å². The summed E-state index contributed by atoms with van der Waals surface area (Å²) in [5.41, 5.74) is 1.32. The summed E-state index contributed by atoms with van der Waals surface area (Å²) in [7, 11) is 1.98. The molecule has 0 aliphatic heterocycles. The zero-order valence-corrected chi connectivity index (χ0v) is 14.2. The average Bonchev–Trinajstić information content (AvgIpc) is 2.50. The maximum atomic E-state index is 3.57. The molecule has 3 rings (SSSR count). The second-order valence-electron chi connectivity index (χ2n) is 4.89. The number of fused-ring (bicyclic) bond motifs is 1. The van der Waals surface area contributed by atoms with Crippen molar-refractivity contribution in [3.63, 3.8) is 0 Å². The number of rotatable bonds is 4. The zero-order chi connectivity index (χ0) is 14.7. The smallest absolute Gasteiger partial charge is 0.0213 e. The van der Waals surface area contributed by atoms with Crippen LogP contribution in [0.1, 0.15) is 5.56 Å². The molecule has 0 fully saturated rings. The molecule has 3 heteroatoms. The summed E-state index contributed by atoms with van der Waals surface area (Å²) in [5.74, 6) is 0. The first-order valence-electron chi connectivity index (χ1n) is 6.86. The number of halogens is 1. The van der Waals surface area contributed by atoms with Gasteiger partial charge < -0.3 is 5.32 Å². The fourth-order valence-corrected chi connectivity index (χ4v) is 3.86. The van der Waals surface area contributed by atoms with Crippen molar-refractivity contribution in [1.29, 1.82) is 0 Å². The van der Waals surface area contributed by atoms with Gasteiger partial charge in [-0.2, -0.15) is 0 Å². The molecule has 0 saturated carbocycles. The Bertz CT molecular complexity index is 770. The Morgan fingerprint density at radius 3 is 2.57 bits per heavy atom. The summed E-state index contributed by atoms with van der Waals surface area (Å²) in [6.07, 6.45) is 0. The van der Waals surface area contributed by atoms with Crippen LogP contribution in [0.15, 0.2) is 74.9 Å². The van der Waals surface area contributed by atoms with Crippen molar-refractivity contribution in [1.82, 2.24) is 5.32 Å². The van der Waals surface area contributed by atoms with Crippen LogP contribution in [0.5, 0.6) is 0 Å². The minimum absolute atomic E-state index is 0.878. The van der Waals surface area contributed by atoms with Crippen molar-refractivity contribution in [3.05, 3.63) is 70.7 Å². The Morgan fingerprint density at radius 1 is 0.952 bits per heavy atom. The van der Waals surface area contributed by atoms with Crippen molar-refractivity contribution >= 4 is 38.5 Å². The molecule has 0 bridgehead atoms. The summed E-state index contributed by atoms with van der Waals surface area (Å²) in [5, 5.41) is 5.80. The predicted octanol–water partition coefficient (Wildman–Crippen LogP) is 5.47. The van der Waals surface area contributed by atoms with E-state index in [1.807, 2.05) is 18.8 Å². The number of hydrogen-bond acceptors (Lipinski definition) is 2. The Balaban J connectivity index is 1.95. The second-order valence-corrected chi connectivity index (χ2v) is 6.92. The van der Waals surface area contributed by atoms with E-state index in [9.17, 15) is 0 Å². The first kappa shape index (κ1) is 14.6. The first-order chi connectivity index (χ1) is 10.3. The summed E-state index contributed by atoms with van der Waals surface area (Å²) >= 11 is 5.38. The van der Waals surface area contributed by atoms with E-state index in [1.54, 1.807) is 0 Å². The number of nitrogens with one attached hydrogen (secondary N) is 1. The lowest BCUT2D eigenvalue weighted by Gasteiger charge is -2.10. The molecule has 0 amide bonds. The monoisotopic (exact) mass is 357 g/mol. The van der Waals surface area contributed by atoms with Crippen molar-refractivity contribution in [2.24, 2.45) is 0 Å². The SMILES string of the molecule is CNCc1ccc(Br)cc1Sc1ccc2ccccc2c1. The molecular formula is C18H16BrNS. The molecule has 21 heavy (non-hydrogen) atoms. The van der Waals surface area contributed by atoms with Gasteiger partial charge in [0.1, 0.15) is 0 Å². The fraction of sp³-hybridized carbons (Fsp3) is 0.111. The van der Waals surface area contributed by atoms with Crippen LogP contribution in [-0.2, 0) is 6.54 Å². The Hall–Kier alpha value is -1.29. The van der Waals surface area contributed by atoms with E-state index in [1.165, 1.54) is 26.1 Å². The summed E-state index contributed by atoms with van der Waals surface area (Å²) in [6.45, 7) is 0.878. The van der Waals surface area contributed by atoms with E-state index < -0.39 is 0 Å². The molecule has 0 saturated heterocycles. The van der Waals surface area contributed by atoms with Crippen LogP contribution in [0.2, 0.25) is 0 Å². The Morgan fingerprint density at radius 2 is 1.76 bits per heavy atom. The molecule has 0 heterocycles. The van der Waals surface area contributed by atoms with Gasteiger partial charge in [-0.3, -0.25) is 0 Å². The van der Waals surface area contributed by atoms with Gasteiger partial charge in [-0.25, -0.2) is 0 Å². The highest BCUT2D eigenvalue weighted by Crippen LogP contribution is 2.34. The van der Waals surface area contributed by atoms with Crippen molar-refractivity contribution in [3.8, 4) is 0 Å². The van der Waals surface area contributed by atoms with E-state index in [-0.39, 0.29) is 0 Å². The molecular weight excluding hydrogens is 342 g/mol. The van der Waals surface area contributed by atoms with Crippen LogP contribution >= 0.6 is 27.7 Å². The molecule has 3 aromatic carbocycles. The third-order valence-electron chi connectivity index (χ3n) is 3.35. The van der Waals surface area contributed by atoms with E-state index in [2.05, 4.69) is 81.9 Å². The Kier molecular flexibility index (Phi) is 4.63. The van der Waals surface area contributed by atoms with Gasteiger partial charge in [-0.15, -0.1) is 0 Å². The normalized spacial score (nSPS) is 11.0. The third kappa shape index (κ3) is 3.49. The summed E-state index contributed by atoms with van der Waals surface area (Å²) < 4.78 is 1.12. The lowest BCUT2D eigenvalue weighted by molar-refractivity contribution is 0.803. The molecule has 0 radical (unpaired) electrons. The van der Waals surface area contributed by atoms with Crippen molar-refractivity contribution in [2.75, 3.05) is 7.05 Å². The minimum atomic E-state index is 0.878. The van der Waals surface area contributed by atoms with Crippen LogP contribution in [0.4, 0.5) is 0 Å². The van der Waals surface area contributed by atoms with Gasteiger partial charge in [0.05, 0.1) is 0 Å². The van der Waals surface area contributed by atoms with Gasteiger partial charge in [0, 0.05) is 20.8 Å². The highest BCUT2D eigenvalue weighted by Gasteiger charge is 2.06.